The van der Waals surface area contributed by atoms with Crippen LogP contribution in [0.1, 0.15) is 0 Å². The lowest BCUT2D eigenvalue weighted by atomic mass is 10.2. The zero-order chi connectivity index (χ0) is 17.7. The second kappa shape index (κ2) is 8.03. The van der Waals surface area contributed by atoms with Crippen LogP contribution in [0.4, 0.5) is 13.2 Å². The highest BCUT2D eigenvalue weighted by Gasteiger charge is 2.31. The van der Waals surface area contributed by atoms with Crippen LogP contribution in [-0.2, 0) is 4.74 Å². The summed E-state index contributed by atoms with van der Waals surface area (Å²) in [6.45, 7) is 4.63. The minimum absolute atomic E-state index is 0.256. The van der Waals surface area contributed by atoms with E-state index in [1.165, 1.54) is 35.6 Å². The third-order valence-electron chi connectivity index (χ3n) is 3.60. The largest absolute Gasteiger partial charge is 0.573 e. The van der Waals surface area contributed by atoms with E-state index >= 15 is 0 Å². The Bertz CT molecular complexity index is 670. The quantitative estimate of drug-likeness (QED) is 0.775. The Morgan fingerprint density at radius 3 is 2.56 bits per heavy atom. The summed E-state index contributed by atoms with van der Waals surface area (Å²) in [5.41, 5.74) is 1.36. The van der Waals surface area contributed by atoms with Crippen molar-refractivity contribution in [1.82, 2.24) is 9.88 Å². The number of alkyl halides is 3. The van der Waals surface area contributed by atoms with Crippen molar-refractivity contribution in [2.75, 3.05) is 39.5 Å². The Morgan fingerprint density at radius 2 is 1.88 bits per heavy atom. The maximum absolute atomic E-state index is 12.2. The van der Waals surface area contributed by atoms with Crippen molar-refractivity contribution >= 4 is 11.3 Å². The average Bonchev–Trinajstić information content (AvgIpc) is 3.04. The summed E-state index contributed by atoms with van der Waals surface area (Å²) in [6, 6.07) is 5.60. The van der Waals surface area contributed by atoms with Gasteiger partial charge in [0.25, 0.3) is 5.19 Å². The Balaban J connectivity index is 1.52. The first kappa shape index (κ1) is 18.0. The molecule has 1 aromatic heterocycles. The number of morpholine rings is 1. The molecule has 1 fully saturated rings. The molecule has 25 heavy (non-hydrogen) atoms. The first-order chi connectivity index (χ1) is 12.0. The van der Waals surface area contributed by atoms with Crippen molar-refractivity contribution in [1.29, 1.82) is 0 Å². The van der Waals surface area contributed by atoms with Gasteiger partial charge in [0.05, 0.1) is 18.9 Å². The number of thiazole rings is 1. The fourth-order valence-electron chi connectivity index (χ4n) is 2.37. The minimum Gasteiger partial charge on any atom is -0.469 e. The fourth-order valence-corrected chi connectivity index (χ4v) is 3.07. The van der Waals surface area contributed by atoms with Gasteiger partial charge in [-0.05, 0) is 24.3 Å². The molecule has 0 atom stereocenters. The molecule has 136 valence electrons. The van der Waals surface area contributed by atoms with E-state index in [0.29, 0.717) is 23.1 Å². The molecule has 0 unspecified atom stereocenters. The predicted octanol–water partition coefficient (Wildman–Crippen LogP) is 3.42. The predicted molar refractivity (Wildman–Crippen MR) is 87.0 cm³/mol. The van der Waals surface area contributed by atoms with Gasteiger partial charge in [0.15, 0.2) is 0 Å². The van der Waals surface area contributed by atoms with E-state index in [2.05, 4.69) is 14.6 Å². The molecule has 1 aliphatic heterocycles. The molecule has 5 nitrogen and oxygen atoms in total. The van der Waals surface area contributed by atoms with Crippen molar-refractivity contribution in [2.24, 2.45) is 0 Å². The number of benzene rings is 1. The van der Waals surface area contributed by atoms with Crippen LogP contribution in [0, 0.1) is 0 Å². The molecule has 9 heteroatoms. The van der Waals surface area contributed by atoms with Crippen LogP contribution in [0.2, 0.25) is 0 Å². The van der Waals surface area contributed by atoms with E-state index in [0.717, 1.165) is 32.8 Å². The van der Waals surface area contributed by atoms with E-state index in [1.54, 1.807) is 0 Å². The molecule has 0 amide bonds. The number of hydrogen-bond acceptors (Lipinski definition) is 6. The van der Waals surface area contributed by atoms with Gasteiger partial charge in [0.2, 0.25) is 0 Å². The first-order valence-corrected chi connectivity index (χ1v) is 8.62. The molecule has 2 heterocycles. The topological polar surface area (TPSA) is 43.8 Å². The van der Waals surface area contributed by atoms with Gasteiger partial charge in [-0.1, -0.05) is 11.3 Å². The summed E-state index contributed by atoms with van der Waals surface area (Å²) < 4.78 is 51.3. The summed E-state index contributed by atoms with van der Waals surface area (Å²) in [4.78, 5) is 6.62. The number of rotatable bonds is 6. The van der Waals surface area contributed by atoms with Crippen molar-refractivity contribution in [2.45, 2.75) is 6.36 Å². The highest BCUT2D eigenvalue weighted by molar-refractivity contribution is 7.11. The second-order valence-electron chi connectivity index (χ2n) is 5.37. The number of aromatic nitrogens is 1. The molecule has 0 saturated carbocycles. The summed E-state index contributed by atoms with van der Waals surface area (Å²) in [7, 11) is 0. The van der Waals surface area contributed by atoms with Gasteiger partial charge in [0.1, 0.15) is 12.4 Å². The molecule has 0 radical (unpaired) electrons. The van der Waals surface area contributed by atoms with Gasteiger partial charge in [-0.15, -0.1) is 13.2 Å². The zero-order valence-corrected chi connectivity index (χ0v) is 14.1. The Morgan fingerprint density at radius 1 is 1.16 bits per heavy atom. The monoisotopic (exact) mass is 374 g/mol. The van der Waals surface area contributed by atoms with Crippen LogP contribution in [0.5, 0.6) is 10.9 Å². The second-order valence-corrected chi connectivity index (χ2v) is 6.19. The smallest absolute Gasteiger partial charge is 0.469 e. The van der Waals surface area contributed by atoms with E-state index in [9.17, 15) is 13.2 Å². The minimum atomic E-state index is -4.69. The zero-order valence-electron chi connectivity index (χ0n) is 13.3. The molecule has 2 aromatic rings. The van der Waals surface area contributed by atoms with Gasteiger partial charge in [-0.2, -0.15) is 0 Å². The summed E-state index contributed by atoms with van der Waals surface area (Å²) in [5, 5.41) is 2.35. The third kappa shape index (κ3) is 5.58. The van der Waals surface area contributed by atoms with Crippen molar-refractivity contribution in [3.63, 3.8) is 0 Å². The molecule has 0 aliphatic carbocycles. The van der Waals surface area contributed by atoms with Crippen LogP contribution >= 0.6 is 11.3 Å². The maximum atomic E-state index is 12.2. The molecule has 0 N–H and O–H groups in total. The number of hydrogen-bond donors (Lipinski definition) is 0. The number of nitrogens with zero attached hydrogens (tertiary/aromatic N) is 2. The lowest BCUT2D eigenvalue weighted by molar-refractivity contribution is -0.274. The highest BCUT2D eigenvalue weighted by Crippen LogP contribution is 2.29. The van der Waals surface area contributed by atoms with Crippen LogP contribution in [0.3, 0.4) is 0 Å². The highest BCUT2D eigenvalue weighted by atomic mass is 32.1. The van der Waals surface area contributed by atoms with Crippen molar-refractivity contribution < 1.29 is 27.4 Å². The van der Waals surface area contributed by atoms with Crippen LogP contribution in [0.25, 0.3) is 11.3 Å². The maximum Gasteiger partial charge on any atom is 0.573 e. The molecular formula is C16H17F3N2O3S. The van der Waals surface area contributed by atoms with Crippen molar-refractivity contribution in [3.05, 3.63) is 29.6 Å². The lowest BCUT2D eigenvalue weighted by Gasteiger charge is -2.26. The molecule has 1 saturated heterocycles. The SMILES string of the molecule is FC(F)(F)Oc1ccc(-c2csc(OCCN3CCOCC3)n2)cc1. The van der Waals surface area contributed by atoms with Crippen LogP contribution in [-0.4, -0.2) is 55.7 Å². The number of halogens is 3. The molecule has 1 aromatic carbocycles. The summed E-state index contributed by atoms with van der Waals surface area (Å²) >= 11 is 1.36. The van der Waals surface area contributed by atoms with Gasteiger partial charge in [-0.3, -0.25) is 4.90 Å². The van der Waals surface area contributed by atoms with E-state index in [-0.39, 0.29) is 5.75 Å². The molecule has 1 aliphatic rings. The van der Waals surface area contributed by atoms with Crippen LogP contribution < -0.4 is 9.47 Å². The first-order valence-electron chi connectivity index (χ1n) is 7.74. The van der Waals surface area contributed by atoms with E-state index < -0.39 is 6.36 Å². The summed E-state index contributed by atoms with van der Waals surface area (Å²) in [6.07, 6.45) is -4.69. The van der Waals surface area contributed by atoms with Gasteiger partial charge in [0, 0.05) is 30.6 Å². The standard InChI is InChI=1S/C16H17F3N2O3S/c17-16(18,19)24-13-3-1-12(2-4-13)14-11-25-15(20-14)23-10-7-21-5-8-22-9-6-21/h1-4,11H,5-10H2. The molecular weight excluding hydrogens is 357 g/mol. The van der Waals surface area contributed by atoms with E-state index in [4.69, 9.17) is 9.47 Å². The molecule has 0 bridgehead atoms. The fraction of sp³-hybridized carbons (Fsp3) is 0.438. The third-order valence-corrected chi connectivity index (χ3v) is 4.36. The normalized spacial score (nSPS) is 16.0. The van der Waals surface area contributed by atoms with Gasteiger partial charge < -0.3 is 14.2 Å². The lowest BCUT2D eigenvalue weighted by Crippen LogP contribution is -2.38. The Labute approximate surface area is 146 Å². The van der Waals surface area contributed by atoms with Gasteiger partial charge in [-0.25, -0.2) is 4.98 Å². The van der Waals surface area contributed by atoms with Crippen LogP contribution in [0.15, 0.2) is 29.6 Å². The average molecular weight is 374 g/mol. The molecule has 0 spiro atoms. The van der Waals surface area contributed by atoms with Crippen molar-refractivity contribution in [3.8, 4) is 22.2 Å². The Kier molecular flexibility index (Phi) is 5.77. The summed E-state index contributed by atoms with van der Waals surface area (Å²) in [5.74, 6) is -0.256. The molecule has 3 rings (SSSR count). The number of ether oxygens (including phenoxy) is 3. The van der Waals surface area contributed by atoms with Gasteiger partial charge >= 0.3 is 6.36 Å². The van der Waals surface area contributed by atoms with E-state index in [1.807, 2.05) is 5.38 Å². The Hall–Kier alpha value is -1.84.